The zero-order valence-electron chi connectivity index (χ0n) is 24.9. The van der Waals surface area contributed by atoms with E-state index in [4.69, 9.17) is 9.47 Å². The van der Waals surface area contributed by atoms with Gasteiger partial charge in [0.2, 0.25) is 5.95 Å². The van der Waals surface area contributed by atoms with Crippen LogP contribution in [0, 0.1) is 25.5 Å². The molecule has 13 heteroatoms. The lowest BCUT2D eigenvalue weighted by molar-refractivity contribution is 0.0322. The molecule has 2 aliphatic rings. The van der Waals surface area contributed by atoms with Crippen molar-refractivity contribution in [2.45, 2.75) is 20.4 Å². The summed E-state index contributed by atoms with van der Waals surface area (Å²) < 4.78 is 63.3. The molecule has 2 fully saturated rings. The maximum atomic E-state index is 15.2. The third kappa shape index (κ3) is 6.98. The molecule has 236 valence electrons. The van der Waals surface area contributed by atoms with Crippen molar-refractivity contribution in [2.24, 2.45) is 0 Å². The Labute approximate surface area is 257 Å². The second-order valence-electron chi connectivity index (χ2n) is 11.4. The van der Waals surface area contributed by atoms with Crippen molar-refractivity contribution in [1.82, 2.24) is 24.3 Å². The van der Waals surface area contributed by atoms with Gasteiger partial charge in [-0.15, -0.1) is 0 Å². The number of aryl methyl sites for hydroxylation is 2. The summed E-state index contributed by atoms with van der Waals surface area (Å²) in [5, 5.41) is 3.99. The number of anilines is 2. The molecule has 0 amide bonds. The van der Waals surface area contributed by atoms with Gasteiger partial charge in [0.25, 0.3) is 0 Å². The lowest BCUT2D eigenvalue weighted by atomic mass is 10.1. The Morgan fingerprint density at radius 2 is 1.66 bits per heavy atom. The number of nitrogens with zero attached hydrogens (tertiary/aromatic N) is 5. The van der Waals surface area contributed by atoms with Crippen LogP contribution in [0.2, 0.25) is 0 Å². The SMILES string of the molecule is Cc1cc(Nc2ncc3ccn(-c4cc(F)c(CN5CCS(O)(O)CC5)c(F)c4)c3n2)cc(C)c1OCCN1CCOCC1. The maximum absolute atomic E-state index is 15.2. The minimum atomic E-state index is -2.58. The van der Waals surface area contributed by atoms with Gasteiger partial charge in [-0.05, 0) is 55.3 Å². The summed E-state index contributed by atoms with van der Waals surface area (Å²) in [5.41, 5.74) is 3.55. The second kappa shape index (κ2) is 13.0. The summed E-state index contributed by atoms with van der Waals surface area (Å²) in [5.74, 6) is 0.316. The van der Waals surface area contributed by atoms with E-state index in [1.807, 2.05) is 30.9 Å². The van der Waals surface area contributed by atoms with Crippen LogP contribution in [-0.4, -0.2) is 97.5 Å². The summed E-state index contributed by atoms with van der Waals surface area (Å²) in [6, 6.07) is 8.37. The highest BCUT2D eigenvalue weighted by atomic mass is 32.3. The first-order valence-corrected chi connectivity index (χ1v) is 16.6. The highest BCUT2D eigenvalue weighted by Gasteiger charge is 2.24. The zero-order chi connectivity index (χ0) is 30.8. The highest BCUT2D eigenvalue weighted by Crippen LogP contribution is 2.40. The summed E-state index contributed by atoms with van der Waals surface area (Å²) in [7, 11) is -2.58. The molecule has 6 rings (SSSR count). The molecule has 0 saturated carbocycles. The van der Waals surface area contributed by atoms with Crippen molar-refractivity contribution in [3.63, 3.8) is 0 Å². The van der Waals surface area contributed by atoms with Gasteiger partial charge in [0.05, 0.1) is 30.4 Å². The van der Waals surface area contributed by atoms with Crippen LogP contribution in [0.3, 0.4) is 0 Å². The van der Waals surface area contributed by atoms with Gasteiger partial charge in [-0.3, -0.25) is 18.9 Å². The number of rotatable bonds is 9. The molecule has 0 unspecified atom stereocenters. The Bertz CT molecular complexity index is 1590. The van der Waals surface area contributed by atoms with Gasteiger partial charge < -0.3 is 19.4 Å². The van der Waals surface area contributed by atoms with Gasteiger partial charge in [-0.2, -0.15) is 15.6 Å². The van der Waals surface area contributed by atoms with Crippen molar-refractivity contribution >= 4 is 33.3 Å². The van der Waals surface area contributed by atoms with E-state index in [2.05, 4.69) is 20.2 Å². The number of nitrogens with one attached hydrogen (secondary N) is 1. The van der Waals surface area contributed by atoms with E-state index in [-0.39, 0.29) is 23.6 Å². The van der Waals surface area contributed by atoms with Crippen LogP contribution in [0.4, 0.5) is 20.4 Å². The largest absolute Gasteiger partial charge is 0.492 e. The molecule has 10 nitrogen and oxygen atoms in total. The van der Waals surface area contributed by atoms with Crippen LogP contribution in [0.15, 0.2) is 42.7 Å². The quantitative estimate of drug-likeness (QED) is 0.227. The Kier molecular flexibility index (Phi) is 9.03. The molecule has 3 N–H and O–H groups in total. The van der Waals surface area contributed by atoms with Gasteiger partial charge in [-0.25, -0.2) is 13.8 Å². The van der Waals surface area contributed by atoms with Crippen molar-refractivity contribution in [1.29, 1.82) is 0 Å². The van der Waals surface area contributed by atoms with Crippen molar-refractivity contribution in [2.75, 3.05) is 69.4 Å². The normalized spacial score (nSPS) is 18.4. The number of hydrogen-bond acceptors (Lipinski definition) is 9. The van der Waals surface area contributed by atoms with E-state index in [0.29, 0.717) is 37.0 Å². The lowest BCUT2D eigenvalue weighted by Gasteiger charge is -2.41. The van der Waals surface area contributed by atoms with Gasteiger partial charge in [0.15, 0.2) is 0 Å². The molecule has 2 aliphatic heterocycles. The van der Waals surface area contributed by atoms with E-state index in [1.165, 1.54) is 12.1 Å². The minimum absolute atomic E-state index is 0.0418. The van der Waals surface area contributed by atoms with E-state index < -0.39 is 22.2 Å². The van der Waals surface area contributed by atoms with Gasteiger partial charge >= 0.3 is 0 Å². The average molecular weight is 629 g/mol. The van der Waals surface area contributed by atoms with Gasteiger partial charge in [-0.1, -0.05) is 0 Å². The van der Waals surface area contributed by atoms with E-state index >= 15 is 8.78 Å². The molecule has 0 radical (unpaired) electrons. The number of benzene rings is 2. The molecule has 0 atom stereocenters. The molecule has 44 heavy (non-hydrogen) atoms. The van der Waals surface area contributed by atoms with Crippen LogP contribution in [0.1, 0.15) is 16.7 Å². The molecule has 0 aliphatic carbocycles. The predicted molar refractivity (Wildman–Crippen MR) is 169 cm³/mol. The first-order chi connectivity index (χ1) is 21.1. The van der Waals surface area contributed by atoms with Crippen molar-refractivity contribution in [3.8, 4) is 11.4 Å². The summed E-state index contributed by atoms with van der Waals surface area (Å²) in [4.78, 5) is 13.3. The Hall–Kier alpha value is -3.33. The Morgan fingerprint density at radius 3 is 2.34 bits per heavy atom. The molecule has 2 aromatic carbocycles. The first kappa shape index (κ1) is 30.7. The van der Waals surface area contributed by atoms with Gasteiger partial charge in [0, 0.05) is 68.3 Å². The molecule has 4 heterocycles. The minimum Gasteiger partial charge on any atom is -0.492 e. The third-order valence-corrected chi connectivity index (χ3v) is 9.83. The van der Waals surface area contributed by atoms with Crippen LogP contribution >= 0.6 is 10.6 Å². The molecule has 0 spiro atoms. The number of aromatic nitrogens is 3. The Balaban J connectivity index is 1.16. The fraction of sp³-hybridized carbons (Fsp3) is 0.419. The lowest BCUT2D eigenvalue weighted by Crippen LogP contribution is -2.38. The first-order valence-electron chi connectivity index (χ1n) is 14.7. The van der Waals surface area contributed by atoms with E-state index in [0.717, 1.165) is 60.8 Å². The topological polar surface area (TPSA) is 108 Å². The monoisotopic (exact) mass is 628 g/mol. The smallest absolute Gasteiger partial charge is 0.229 e. The maximum Gasteiger partial charge on any atom is 0.229 e. The number of fused-ring (bicyclic) bond motifs is 1. The Morgan fingerprint density at radius 1 is 0.977 bits per heavy atom. The fourth-order valence-electron chi connectivity index (χ4n) is 5.69. The molecule has 0 bridgehead atoms. The van der Waals surface area contributed by atoms with Crippen molar-refractivity contribution in [3.05, 3.63) is 71.1 Å². The molecule has 4 aromatic rings. The molecule has 2 saturated heterocycles. The summed E-state index contributed by atoms with van der Waals surface area (Å²) in [6.45, 7) is 9.63. The summed E-state index contributed by atoms with van der Waals surface area (Å²) in [6.07, 6.45) is 3.38. The standard InChI is InChI=1S/C31H38F2N6O4S/c1-21-15-24(16-22(2)29(21)43-12-7-37-5-10-42-11-6-37)35-31-34-19-23-3-4-39(30(23)36-31)25-17-27(32)26(28(33)18-25)20-38-8-13-44(40,41)14-9-38/h3-4,15-19,40-41H,5-14,20H2,1-2H3,(H,34,35,36). The summed E-state index contributed by atoms with van der Waals surface area (Å²) >= 11 is 0. The highest BCUT2D eigenvalue weighted by molar-refractivity contribution is 8.24. The number of ether oxygens (including phenoxy) is 2. The van der Waals surface area contributed by atoms with Crippen LogP contribution in [-0.2, 0) is 11.3 Å². The average Bonchev–Trinajstić information content (AvgIpc) is 3.41. The molecular formula is C31H38F2N6O4S. The zero-order valence-corrected chi connectivity index (χ0v) is 25.7. The predicted octanol–water partition coefficient (Wildman–Crippen LogP) is 5.34. The third-order valence-electron chi connectivity index (χ3n) is 8.16. The second-order valence-corrected chi connectivity index (χ2v) is 13.8. The number of morpholine rings is 1. The number of halogens is 2. The fourth-order valence-corrected chi connectivity index (χ4v) is 7.00. The van der Waals surface area contributed by atoms with Gasteiger partial charge in [0.1, 0.15) is 29.6 Å². The van der Waals surface area contributed by atoms with Crippen molar-refractivity contribution < 1.29 is 27.4 Å². The van der Waals surface area contributed by atoms with E-state index in [1.54, 1.807) is 23.0 Å². The van der Waals surface area contributed by atoms with Crippen LogP contribution in [0.25, 0.3) is 16.7 Å². The van der Waals surface area contributed by atoms with E-state index in [9.17, 15) is 9.11 Å². The van der Waals surface area contributed by atoms with Crippen LogP contribution < -0.4 is 10.1 Å². The molecule has 2 aromatic heterocycles. The number of hydrogen-bond donors (Lipinski definition) is 3. The molecular weight excluding hydrogens is 590 g/mol. The van der Waals surface area contributed by atoms with Crippen LogP contribution in [0.5, 0.6) is 5.75 Å².